The average Bonchev–Trinajstić information content (AvgIpc) is 2.87. The molecule has 0 unspecified atom stereocenters. The van der Waals surface area contributed by atoms with E-state index in [-0.39, 0.29) is 5.91 Å². The lowest BCUT2D eigenvalue weighted by atomic mass is 9.99. The summed E-state index contributed by atoms with van der Waals surface area (Å²) in [6.45, 7) is 3.65. The number of carbonyl (C=O) groups excluding carboxylic acids is 1. The number of furan rings is 1. The van der Waals surface area contributed by atoms with E-state index in [1.165, 1.54) is 6.42 Å². The Morgan fingerprint density at radius 1 is 1.48 bits per heavy atom. The fraction of sp³-hybridized carbons (Fsp3) is 0.471. The Morgan fingerprint density at radius 2 is 2.33 bits per heavy atom. The van der Waals surface area contributed by atoms with Crippen molar-refractivity contribution < 1.29 is 9.21 Å². The van der Waals surface area contributed by atoms with Crippen molar-refractivity contribution in [2.45, 2.75) is 19.8 Å². The van der Waals surface area contributed by atoms with Crippen LogP contribution in [-0.4, -0.2) is 35.9 Å². The minimum Gasteiger partial charge on any atom is -0.461 e. The lowest BCUT2D eigenvalue weighted by Gasteiger charge is -2.32. The first-order valence-electron chi connectivity index (χ1n) is 7.46. The predicted octanol–water partition coefficient (Wildman–Crippen LogP) is 3.96. The minimum absolute atomic E-state index is 0.112. The van der Waals surface area contributed by atoms with Crippen molar-refractivity contribution in [3.8, 4) is 0 Å². The molecule has 1 saturated heterocycles. The molecule has 0 radical (unpaired) electrons. The summed E-state index contributed by atoms with van der Waals surface area (Å²) in [5.41, 5.74) is 1.43. The molecule has 0 aliphatic carbocycles. The number of nitrogens with zero attached hydrogens (tertiary/aromatic N) is 1. The van der Waals surface area contributed by atoms with E-state index in [9.17, 15) is 4.79 Å². The Bertz CT molecular complexity index is 647. The molecule has 2 heterocycles. The summed E-state index contributed by atoms with van der Waals surface area (Å²) in [4.78, 5) is 14.8. The minimum atomic E-state index is 0.112. The second kappa shape index (κ2) is 6.14. The highest BCUT2D eigenvalue weighted by molar-refractivity contribution is 7.98. The highest BCUT2D eigenvalue weighted by atomic mass is 32.2. The van der Waals surface area contributed by atoms with Crippen LogP contribution in [0.5, 0.6) is 0 Å². The number of rotatable bonds is 3. The van der Waals surface area contributed by atoms with Crippen LogP contribution in [0, 0.1) is 12.8 Å². The summed E-state index contributed by atoms with van der Waals surface area (Å²) in [7, 11) is 0. The number of fused-ring (bicyclic) bond motifs is 1. The molecule has 0 bridgehead atoms. The van der Waals surface area contributed by atoms with E-state index in [1.54, 1.807) is 0 Å². The van der Waals surface area contributed by atoms with E-state index in [1.807, 2.05) is 47.9 Å². The van der Waals surface area contributed by atoms with Crippen LogP contribution in [0.25, 0.3) is 11.0 Å². The third-order valence-electron chi connectivity index (χ3n) is 4.11. The fourth-order valence-electron chi connectivity index (χ4n) is 3.15. The molecular formula is C17H21NO2S. The van der Waals surface area contributed by atoms with E-state index >= 15 is 0 Å². The lowest BCUT2D eigenvalue weighted by Crippen LogP contribution is -2.40. The molecule has 1 aliphatic rings. The number of thioether (sulfide) groups is 1. The van der Waals surface area contributed by atoms with Crippen molar-refractivity contribution in [1.82, 2.24) is 4.90 Å². The first-order chi connectivity index (χ1) is 10.2. The molecule has 0 saturated carbocycles. The third-order valence-corrected chi connectivity index (χ3v) is 4.91. The van der Waals surface area contributed by atoms with Crippen LogP contribution < -0.4 is 0 Å². The largest absolute Gasteiger partial charge is 0.461 e. The SMILES string of the molecule is CSC[C@H]1CCCN(C(=O)c2cccc3cc(C)oc23)C1. The summed E-state index contributed by atoms with van der Waals surface area (Å²) >= 11 is 1.87. The van der Waals surface area contributed by atoms with Crippen molar-refractivity contribution >= 4 is 28.6 Å². The van der Waals surface area contributed by atoms with Crippen LogP contribution in [0.1, 0.15) is 29.0 Å². The quantitative estimate of drug-likeness (QED) is 0.860. The van der Waals surface area contributed by atoms with Crippen LogP contribution in [0.3, 0.4) is 0 Å². The Hall–Kier alpha value is -1.42. The lowest BCUT2D eigenvalue weighted by molar-refractivity contribution is 0.0686. The van der Waals surface area contributed by atoms with Gasteiger partial charge in [-0.25, -0.2) is 0 Å². The maximum Gasteiger partial charge on any atom is 0.257 e. The van der Waals surface area contributed by atoms with Gasteiger partial charge in [-0.15, -0.1) is 0 Å². The summed E-state index contributed by atoms with van der Waals surface area (Å²) < 4.78 is 5.73. The van der Waals surface area contributed by atoms with Gasteiger partial charge in [0.25, 0.3) is 5.91 Å². The van der Waals surface area contributed by atoms with Gasteiger partial charge in [-0.2, -0.15) is 11.8 Å². The third kappa shape index (κ3) is 2.95. The second-order valence-corrected chi connectivity index (χ2v) is 6.71. The van der Waals surface area contributed by atoms with Crippen molar-refractivity contribution in [2.75, 3.05) is 25.1 Å². The average molecular weight is 303 g/mol. The normalized spacial score (nSPS) is 19.1. The molecule has 3 rings (SSSR count). The monoisotopic (exact) mass is 303 g/mol. The first-order valence-corrected chi connectivity index (χ1v) is 8.86. The standard InChI is InChI=1S/C17H21NO2S/c1-12-9-14-6-3-7-15(16(14)20-12)17(19)18-8-4-5-13(10-18)11-21-2/h3,6-7,9,13H,4-5,8,10-11H2,1-2H3/t13-/m0/s1. The van der Waals surface area contributed by atoms with Crippen molar-refractivity contribution in [3.05, 3.63) is 35.6 Å². The van der Waals surface area contributed by atoms with Crippen LogP contribution >= 0.6 is 11.8 Å². The molecule has 0 spiro atoms. The highest BCUT2D eigenvalue weighted by Crippen LogP contribution is 2.26. The van der Waals surface area contributed by atoms with Gasteiger partial charge in [0, 0.05) is 18.5 Å². The van der Waals surface area contributed by atoms with Gasteiger partial charge in [0.15, 0.2) is 0 Å². The molecule has 1 aromatic heterocycles. The molecule has 1 aliphatic heterocycles. The van der Waals surface area contributed by atoms with E-state index in [4.69, 9.17) is 4.42 Å². The summed E-state index contributed by atoms with van der Waals surface area (Å²) in [5, 5.41) is 1.01. The number of hydrogen-bond acceptors (Lipinski definition) is 3. The van der Waals surface area contributed by atoms with Crippen LogP contribution in [-0.2, 0) is 0 Å². The van der Waals surface area contributed by atoms with E-state index < -0.39 is 0 Å². The number of hydrogen-bond donors (Lipinski definition) is 0. The van der Waals surface area contributed by atoms with E-state index in [2.05, 4.69) is 6.26 Å². The number of aryl methyl sites for hydroxylation is 1. The first kappa shape index (κ1) is 14.5. The number of piperidine rings is 1. The van der Waals surface area contributed by atoms with Gasteiger partial charge in [-0.3, -0.25) is 4.79 Å². The van der Waals surface area contributed by atoms with Crippen LogP contribution in [0.4, 0.5) is 0 Å². The summed E-state index contributed by atoms with van der Waals surface area (Å²) in [5.74, 6) is 2.72. The molecule has 1 atom stereocenters. The Morgan fingerprint density at radius 3 is 3.14 bits per heavy atom. The van der Waals surface area contributed by atoms with Gasteiger partial charge in [0.1, 0.15) is 11.3 Å². The van der Waals surface area contributed by atoms with Gasteiger partial charge in [0.05, 0.1) is 5.56 Å². The fourth-order valence-corrected chi connectivity index (χ4v) is 3.90. The number of benzene rings is 1. The second-order valence-electron chi connectivity index (χ2n) is 5.80. The maximum absolute atomic E-state index is 12.8. The Labute approximate surface area is 129 Å². The van der Waals surface area contributed by atoms with Gasteiger partial charge < -0.3 is 9.32 Å². The number of para-hydroxylation sites is 1. The van der Waals surface area contributed by atoms with Crippen LogP contribution in [0.15, 0.2) is 28.7 Å². The van der Waals surface area contributed by atoms with Crippen molar-refractivity contribution in [3.63, 3.8) is 0 Å². The van der Waals surface area contributed by atoms with Crippen molar-refractivity contribution in [2.24, 2.45) is 5.92 Å². The molecule has 21 heavy (non-hydrogen) atoms. The summed E-state index contributed by atoms with van der Waals surface area (Å²) in [6, 6.07) is 7.80. The number of carbonyl (C=O) groups is 1. The highest BCUT2D eigenvalue weighted by Gasteiger charge is 2.26. The molecule has 0 N–H and O–H groups in total. The van der Waals surface area contributed by atoms with Crippen molar-refractivity contribution in [1.29, 1.82) is 0 Å². The molecule has 112 valence electrons. The smallest absolute Gasteiger partial charge is 0.257 e. The Balaban J connectivity index is 1.86. The Kier molecular flexibility index (Phi) is 4.24. The zero-order valence-corrected chi connectivity index (χ0v) is 13.4. The van der Waals surface area contributed by atoms with E-state index in [0.717, 1.165) is 42.0 Å². The molecule has 1 fully saturated rings. The number of likely N-dealkylation sites (tertiary alicyclic amines) is 1. The topological polar surface area (TPSA) is 33.5 Å². The molecule has 1 amide bonds. The maximum atomic E-state index is 12.8. The number of amides is 1. The molecule has 4 heteroatoms. The zero-order chi connectivity index (χ0) is 14.8. The van der Waals surface area contributed by atoms with Gasteiger partial charge >= 0.3 is 0 Å². The molecule has 3 nitrogen and oxygen atoms in total. The zero-order valence-electron chi connectivity index (χ0n) is 12.6. The van der Waals surface area contributed by atoms with E-state index in [0.29, 0.717) is 11.5 Å². The summed E-state index contributed by atoms with van der Waals surface area (Å²) in [6.07, 6.45) is 4.46. The molecule has 2 aromatic rings. The van der Waals surface area contributed by atoms with Crippen LogP contribution in [0.2, 0.25) is 0 Å². The predicted molar refractivity (Wildman–Crippen MR) is 88.0 cm³/mol. The van der Waals surface area contributed by atoms with Gasteiger partial charge in [0.2, 0.25) is 0 Å². The van der Waals surface area contributed by atoms with Gasteiger partial charge in [-0.1, -0.05) is 12.1 Å². The molecule has 1 aromatic carbocycles. The molecular weight excluding hydrogens is 282 g/mol. The van der Waals surface area contributed by atoms with Gasteiger partial charge in [-0.05, 0) is 49.8 Å².